The third-order valence-corrected chi connectivity index (χ3v) is 2.85. The molecule has 0 fully saturated rings. The Morgan fingerprint density at radius 1 is 1.42 bits per heavy atom. The van der Waals surface area contributed by atoms with E-state index in [2.05, 4.69) is 15.5 Å². The van der Waals surface area contributed by atoms with Gasteiger partial charge in [0.25, 0.3) is 0 Å². The summed E-state index contributed by atoms with van der Waals surface area (Å²) in [7, 11) is 0. The van der Waals surface area contributed by atoms with Gasteiger partial charge in [-0.25, -0.2) is 0 Å². The highest BCUT2D eigenvalue weighted by molar-refractivity contribution is 6.27. The van der Waals surface area contributed by atoms with Crippen LogP contribution in [0.15, 0.2) is 34.9 Å². The van der Waals surface area contributed by atoms with E-state index in [0.717, 1.165) is 5.56 Å². The molecule has 1 aromatic heterocycles. The van der Waals surface area contributed by atoms with Crippen LogP contribution >= 0.6 is 11.6 Å². The number of benzene rings is 1. The van der Waals surface area contributed by atoms with Crippen LogP contribution in [0.5, 0.6) is 0 Å². The van der Waals surface area contributed by atoms with E-state index >= 15 is 0 Å². The average molecular weight is 280 g/mol. The second-order valence-corrected chi connectivity index (χ2v) is 4.37. The smallest absolute Gasteiger partial charge is 0.235 e. The number of nitrogens with one attached hydrogen (secondary N) is 1. The van der Waals surface area contributed by atoms with Crippen molar-refractivity contribution in [2.45, 2.75) is 19.4 Å². The van der Waals surface area contributed by atoms with Crippen molar-refractivity contribution in [3.63, 3.8) is 0 Å². The fourth-order valence-electron chi connectivity index (χ4n) is 1.77. The van der Waals surface area contributed by atoms with Crippen molar-refractivity contribution in [2.24, 2.45) is 0 Å². The summed E-state index contributed by atoms with van der Waals surface area (Å²) in [6.45, 7) is 1.75. The lowest BCUT2D eigenvalue weighted by Gasteiger charge is -2.16. The third kappa shape index (κ3) is 3.79. The lowest BCUT2D eigenvalue weighted by molar-refractivity contribution is -0.119. The standard InChI is InChI=1S/C13H14ClN3O2/c1-9-15-13(19-17-9)7-11(16-12(18)8-14)10-5-3-2-4-6-10/h2-6,11H,7-8H2,1H3,(H,16,18). The number of carbonyl (C=O) groups excluding carboxylic acids is 1. The molecule has 0 spiro atoms. The SMILES string of the molecule is Cc1noc(CC(NC(=O)CCl)c2ccccc2)n1. The van der Waals surface area contributed by atoms with Crippen molar-refractivity contribution in [1.29, 1.82) is 0 Å². The van der Waals surface area contributed by atoms with Crippen LogP contribution in [0.1, 0.15) is 23.3 Å². The number of alkyl halides is 1. The van der Waals surface area contributed by atoms with E-state index in [4.69, 9.17) is 16.1 Å². The van der Waals surface area contributed by atoms with Crippen LogP contribution in [0.3, 0.4) is 0 Å². The number of hydrogen-bond acceptors (Lipinski definition) is 4. The molecule has 1 N–H and O–H groups in total. The van der Waals surface area contributed by atoms with Gasteiger partial charge in [-0.2, -0.15) is 4.98 Å². The van der Waals surface area contributed by atoms with Crippen LogP contribution < -0.4 is 5.32 Å². The first kappa shape index (κ1) is 13.5. The van der Waals surface area contributed by atoms with Crippen LogP contribution in [-0.4, -0.2) is 21.9 Å². The van der Waals surface area contributed by atoms with Crippen molar-refractivity contribution < 1.29 is 9.32 Å². The Labute approximate surface area is 116 Å². The normalized spacial score (nSPS) is 12.1. The number of aryl methyl sites for hydroxylation is 1. The zero-order valence-corrected chi connectivity index (χ0v) is 11.2. The summed E-state index contributed by atoms with van der Waals surface area (Å²) in [5.41, 5.74) is 0.969. The molecule has 0 aliphatic rings. The minimum absolute atomic E-state index is 0.0772. The molecule has 1 aromatic carbocycles. The van der Waals surface area contributed by atoms with Gasteiger partial charge in [-0.15, -0.1) is 11.6 Å². The molecule has 0 radical (unpaired) electrons. The van der Waals surface area contributed by atoms with Crippen molar-refractivity contribution in [3.05, 3.63) is 47.6 Å². The Balaban J connectivity index is 2.17. The first-order chi connectivity index (χ1) is 9.19. The molecular weight excluding hydrogens is 266 g/mol. The molecule has 0 saturated heterocycles. The number of hydrogen-bond donors (Lipinski definition) is 1. The van der Waals surface area contributed by atoms with Crippen molar-refractivity contribution in [1.82, 2.24) is 15.5 Å². The minimum atomic E-state index is -0.230. The van der Waals surface area contributed by atoms with Gasteiger partial charge < -0.3 is 9.84 Å². The average Bonchev–Trinajstić information content (AvgIpc) is 2.84. The number of rotatable bonds is 5. The summed E-state index contributed by atoms with van der Waals surface area (Å²) >= 11 is 5.53. The second kappa shape index (κ2) is 6.33. The fourth-order valence-corrected chi connectivity index (χ4v) is 1.85. The van der Waals surface area contributed by atoms with Crippen LogP contribution in [0.4, 0.5) is 0 Å². The highest BCUT2D eigenvalue weighted by Crippen LogP contribution is 2.17. The van der Waals surface area contributed by atoms with Crippen LogP contribution in [0, 0.1) is 6.92 Å². The second-order valence-electron chi connectivity index (χ2n) is 4.10. The first-order valence-electron chi connectivity index (χ1n) is 5.88. The summed E-state index contributed by atoms with van der Waals surface area (Å²) in [5, 5.41) is 6.58. The van der Waals surface area contributed by atoms with Crippen molar-refractivity contribution >= 4 is 17.5 Å². The maximum atomic E-state index is 11.5. The van der Waals surface area contributed by atoms with Crippen molar-refractivity contribution in [3.8, 4) is 0 Å². The summed E-state index contributed by atoms with van der Waals surface area (Å²) < 4.78 is 5.09. The number of amides is 1. The molecule has 0 aliphatic heterocycles. The number of aromatic nitrogens is 2. The minimum Gasteiger partial charge on any atom is -0.348 e. The van der Waals surface area contributed by atoms with E-state index < -0.39 is 0 Å². The Bertz CT molecular complexity index is 542. The zero-order chi connectivity index (χ0) is 13.7. The molecule has 1 heterocycles. The molecule has 19 heavy (non-hydrogen) atoms. The van der Waals surface area contributed by atoms with E-state index in [1.54, 1.807) is 6.92 Å². The predicted octanol–water partition coefficient (Wildman–Crippen LogP) is 2.02. The lowest BCUT2D eigenvalue weighted by Crippen LogP contribution is -2.30. The molecule has 1 atom stereocenters. The Kier molecular flexibility index (Phi) is 4.52. The topological polar surface area (TPSA) is 68.0 Å². The largest absolute Gasteiger partial charge is 0.348 e. The molecule has 2 aromatic rings. The Morgan fingerprint density at radius 2 is 2.16 bits per heavy atom. The summed E-state index contributed by atoms with van der Waals surface area (Å²) in [6.07, 6.45) is 0.438. The third-order valence-electron chi connectivity index (χ3n) is 2.61. The maximum Gasteiger partial charge on any atom is 0.235 e. The van der Waals surface area contributed by atoms with E-state index in [-0.39, 0.29) is 17.8 Å². The van der Waals surface area contributed by atoms with Crippen molar-refractivity contribution in [2.75, 3.05) is 5.88 Å². The fraction of sp³-hybridized carbons (Fsp3) is 0.308. The van der Waals surface area contributed by atoms with Gasteiger partial charge in [-0.1, -0.05) is 35.5 Å². The maximum absolute atomic E-state index is 11.5. The Morgan fingerprint density at radius 3 is 2.74 bits per heavy atom. The molecule has 0 saturated carbocycles. The number of halogens is 1. The predicted molar refractivity (Wildman–Crippen MR) is 70.8 cm³/mol. The number of carbonyl (C=O) groups is 1. The Hall–Kier alpha value is -1.88. The molecule has 2 rings (SSSR count). The highest BCUT2D eigenvalue weighted by atomic mass is 35.5. The quantitative estimate of drug-likeness (QED) is 0.850. The number of nitrogens with zero attached hydrogens (tertiary/aromatic N) is 2. The van der Waals surface area contributed by atoms with Gasteiger partial charge in [0.2, 0.25) is 11.8 Å². The zero-order valence-electron chi connectivity index (χ0n) is 10.5. The van der Waals surface area contributed by atoms with Gasteiger partial charge in [0.15, 0.2) is 5.82 Å². The lowest BCUT2D eigenvalue weighted by atomic mass is 10.0. The van der Waals surface area contributed by atoms with E-state index in [1.165, 1.54) is 0 Å². The van der Waals surface area contributed by atoms with E-state index in [0.29, 0.717) is 18.1 Å². The molecule has 100 valence electrons. The van der Waals surface area contributed by atoms with Gasteiger partial charge in [0.1, 0.15) is 5.88 Å². The molecule has 6 heteroatoms. The monoisotopic (exact) mass is 279 g/mol. The molecule has 5 nitrogen and oxygen atoms in total. The molecular formula is C13H14ClN3O2. The molecule has 1 unspecified atom stereocenters. The summed E-state index contributed by atoms with van der Waals surface area (Å²) in [4.78, 5) is 15.6. The van der Waals surface area contributed by atoms with Crippen LogP contribution in [0.2, 0.25) is 0 Å². The molecule has 1 amide bonds. The van der Waals surface area contributed by atoms with Gasteiger partial charge in [-0.3, -0.25) is 4.79 Å². The summed E-state index contributed by atoms with van der Waals surface area (Å²) in [5.74, 6) is 0.755. The molecule has 0 bridgehead atoms. The van der Waals surface area contributed by atoms with E-state index in [1.807, 2.05) is 30.3 Å². The molecule has 0 aliphatic carbocycles. The van der Waals surface area contributed by atoms with Crippen LogP contribution in [0.25, 0.3) is 0 Å². The van der Waals surface area contributed by atoms with Gasteiger partial charge in [0, 0.05) is 0 Å². The van der Waals surface area contributed by atoms with Gasteiger partial charge in [0.05, 0.1) is 12.5 Å². The summed E-state index contributed by atoms with van der Waals surface area (Å²) in [6, 6.07) is 9.38. The first-order valence-corrected chi connectivity index (χ1v) is 6.42. The van der Waals surface area contributed by atoms with Gasteiger partial charge in [-0.05, 0) is 12.5 Å². The highest BCUT2D eigenvalue weighted by Gasteiger charge is 2.17. The van der Waals surface area contributed by atoms with Gasteiger partial charge >= 0.3 is 0 Å². The van der Waals surface area contributed by atoms with Crippen LogP contribution in [-0.2, 0) is 11.2 Å². The van der Waals surface area contributed by atoms with E-state index in [9.17, 15) is 4.79 Å².